The van der Waals surface area contributed by atoms with Gasteiger partial charge >= 0.3 is 0 Å². The molecule has 0 aliphatic carbocycles. The summed E-state index contributed by atoms with van der Waals surface area (Å²) in [5, 5.41) is 19.1. The van der Waals surface area contributed by atoms with Gasteiger partial charge in [-0.15, -0.1) is 10.2 Å². The van der Waals surface area contributed by atoms with Crippen molar-refractivity contribution in [2.24, 2.45) is 10.2 Å². The molecule has 2 aromatic carbocycles. The molecule has 3 aromatic rings. The minimum atomic E-state index is 0.117. The second kappa shape index (κ2) is 5.28. The van der Waals surface area contributed by atoms with E-state index in [1.807, 2.05) is 37.3 Å². The summed E-state index contributed by atoms with van der Waals surface area (Å²) in [7, 11) is 1.61. The molecular formula is C16H15N3O2. The molecule has 0 saturated heterocycles. The van der Waals surface area contributed by atoms with Crippen molar-refractivity contribution in [3.63, 3.8) is 0 Å². The standard InChI is InChI=1S/C16H15N3O2/c1-10-3-8-14-13(9-10)15(20)16(17-14)19-18-11-4-6-12(21-2)7-5-11/h3-9,17,20H,1-2H3. The Labute approximate surface area is 121 Å². The van der Waals surface area contributed by atoms with Crippen molar-refractivity contribution in [2.75, 3.05) is 7.11 Å². The lowest BCUT2D eigenvalue weighted by Crippen LogP contribution is -1.79. The maximum Gasteiger partial charge on any atom is 0.196 e. The third kappa shape index (κ3) is 2.58. The summed E-state index contributed by atoms with van der Waals surface area (Å²) < 4.78 is 5.08. The molecule has 0 amide bonds. The molecule has 0 fully saturated rings. The van der Waals surface area contributed by atoms with E-state index in [1.165, 1.54) is 0 Å². The summed E-state index contributed by atoms with van der Waals surface area (Å²) in [5.74, 6) is 1.23. The fourth-order valence-electron chi connectivity index (χ4n) is 2.11. The first-order chi connectivity index (χ1) is 10.2. The Bertz CT molecular complexity index is 804. The van der Waals surface area contributed by atoms with Crippen molar-refractivity contribution in [1.82, 2.24) is 4.98 Å². The molecule has 21 heavy (non-hydrogen) atoms. The van der Waals surface area contributed by atoms with Gasteiger partial charge in [-0.25, -0.2) is 0 Å². The molecule has 0 radical (unpaired) electrons. The highest BCUT2D eigenvalue weighted by atomic mass is 16.5. The second-order valence-electron chi connectivity index (χ2n) is 4.77. The Kier molecular flexibility index (Phi) is 3.31. The number of methoxy groups -OCH3 is 1. The van der Waals surface area contributed by atoms with Gasteiger partial charge in [0.2, 0.25) is 0 Å². The Morgan fingerprint density at radius 1 is 1.05 bits per heavy atom. The monoisotopic (exact) mass is 281 g/mol. The van der Waals surface area contributed by atoms with Gasteiger partial charge in [0.05, 0.1) is 18.3 Å². The first-order valence-electron chi connectivity index (χ1n) is 6.54. The third-order valence-corrected chi connectivity index (χ3v) is 3.25. The number of aryl methyl sites for hydroxylation is 1. The molecule has 3 rings (SSSR count). The molecule has 5 nitrogen and oxygen atoms in total. The third-order valence-electron chi connectivity index (χ3n) is 3.25. The fourth-order valence-corrected chi connectivity index (χ4v) is 2.11. The van der Waals surface area contributed by atoms with Crippen LogP contribution in [0, 0.1) is 6.92 Å². The predicted molar refractivity (Wildman–Crippen MR) is 81.9 cm³/mol. The van der Waals surface area contributed by atoms with Crippen molar-refractivity contribution in [3.8, 4) is 11.5 Å². The Morgan fingerprint density at radius 3 is 2.52 bits per heavy atom. The van der Waals surface area contributed by atoms with Crippen LogP contribution in [0.4, 0.5) is 11.5 Å². The van der Waals surface area contributed by atoms with E-state index in [4.69, 9.17) is 4.74 Å². The molecule has 106 valence electrons. The number of rotatable bonds is 3. The van der Waals surface area contributed by atoms with Crippen molar-refractivity contribution < 1.29 is 9.84 Å². The molecule has 0 spiro atoms. The number of aromatic nitrogens is 1. The average Bonchev–Trinajstić information content (AvgIpc) is 2.82. The van der Waals surface area contributed by atoms with Gasteiger partial charge < -0.3 is 14.8 Å². The van der Waals surface area contributed by atoms with Crippen molar-refractivity contribution in [2.45, 2.75) is 6.92 Å². The number of aromatic hydroxyl groups is 1. The summed E-state index contributed by atoms with van der Waals surface area (Å²) in [5.41, 5.74) is 2.60. The summed E-state index contributed by atoms with van der Waals surface area (Å²) in [6, 6.07) is 13.0. The van der Waals surface area contributed by atoms with Crippen LogP contribution in [0.15, 0.2) is 52.7 Å². The van der Waals surface area contributed by atoms with E-state index < -0.39 is 0 Å². The lowest BCUT2D eigenvalue weighted by Gasteiger charge is -1.97. The zero-order chi connectivity index (χ0) is 14.8. The molecule has 0 aliphatic heterocycles. The highest BCUT2D eigenvalue weighted by molar-refractivity contribution is 5.91. The maximum atomic E-state index is 10.2. The zero-order valence-corrected chi connectivity index (χ0v) is 11.8. The summed E-state index contributed by atoms with van der Waals surface area (Å²) >= 11 is 0. The number of benzene rings is 2. The lowest BCUT2D eigenvalue weighted by atomic mass is 10.2. The second-order valence-corrected chi connectivity index (χ2v) is 4.77. The van der Waals surface area contributed by atoms with Crippen molar-refractivity contribution >= 4 is 22.4 Å². The molecule has 0 saturated carbocycles. The van der Waals surface area contributed by atoms with Gasteiger partial charge in [-0.1, -0.05) is 11.6 Å². The molecule has 0 aliphatic rings. The predicted octanol–water partition coefficient (Wildman–Crippen LogP) is 4.61. The van der Waals surface area contributed by atoms with Crippen LogP contribution >= 0.6 is 0 Å². The summed E-state index contributed by atoms with van der Waals surface area (Å²) in [4.78, 5) is 3.05. The average molecular weight is 281 g/mol. The number of H-pyrrole nitrogens is 1. The van der Waals surface area contributed by atoms with Gasteiger partial charge in [0.15, 0.2) is 11.6 Å². The van der Waals surface area contributed by atoms with Gasteiger partial charge in [-0.2, -0.15) is 0 Å². The van der Waals surface area contributed by atoms with Gasteiger partial charge in [0, 0.05) is 5.39 Å². The molecular weight excluding hydrogens is 266 g/mol. The molecule has 5 heteroatoms. The lowest BCUT2D eigenvalue weighted by molar-refractivity contribution is 0.415. The molecule has 1 aromatic heterocycles. The maximum absolute atomic E-state index is 10.2. The quantitative estimate of drug-likeness (QED) is 0.688. The number of aromatic amines is 1. The SMILES string of the molecule is COc1ccc(N=Nc2[nH]c3ccc(C)cc3c2O)cc1. The van der Waals surface area contributed by atoms with E-state index in [-0.39, 0.29) is 5.75 Å². The first-order valence-corrected chi connectivity index (χ1v) is 6.54. The topological polar surface area (TPSA) is 70.0 Å². The van der Waals surface area contributed by atoms with Crippen LogP contribution in [0.5, 0.6) is 11.5 Å². The Morgan fingerprint density at radius 2 is 1.81 bits per heavy atom. The smallest absolute Gasteiger partial charge is 0.196 e. The highest BCUT2D eigenvalue weighted by Gasteiger charge is 2.09. The molecule has 0 bridgehead atoms. The van der Waals surface area contributed by atoms with Gasteiger partial charge in [-0.05, 0) is 43.3 Å². The van der Waals surface area contributed by atoms with Crippen LogP contribution in [0.2, 0.25) is 0 Å². The van der Waals surface area contributed by atoms with Crippen LogP contribution in [0.3, 0.4) is 0 Å². The zero-order valence-electron chi connectivity index (χ0n) is 11.8. The van der Waals surface area contributed by atoms with Crippen molar-refractivity contribution in [1.29, 1.82) is 0 Å². The number of azo groups is 1. The Hall–Kier alpha value is -2.82. The number of nitrogens with one attached hydrogen (secondary N) is 1. The number of hydrogen-bond acceptors (Lipinski definition) is 4. The number of hydrogen-bond donors (Lipinski definition) is 2. The number of nitrogens with zero attached hydrogens (tertiary/aromatic N) is 2. The van der Waals surface area contributed by atoms with E-state index in [9.17, 15) is 5.11 Å². The van der Waals surface area contributed by atoms with E-state index in [0.29, 0.717) is 11.5 Å². The fraction of sp³-hybridized carbons (Fsp3) is 0.125. The van der Waals surface area contributed by atoms with Crippen LogP contribution in [0.25, 0.3) is 10.9 Å². The summed E-state index contributed by atoms with van der Waals surface area (Å²) in [6.45, 7) is 1.98. The molecule has 2 N–H and O–H groups in total. The van der Waals surface area contributed by atoms with Gasteiger partial charge in [-0.3, -0.25) is 0 Å². The van der Waals surface area contributed by atoms with Crippen molar-refractivity contribution in [3.05, 3.63) is 48.0 Å². The van der Waals surface area contributed by atoms with Gasteiger partial charge in [0.1, 0.15) is 5.75 Å². The highest BCUT2D eigenvalue weighted by Crippen LogP contribution is 2.36. The van der Waals surface area contributed by atoms with E-state index in [1.54, 1.807) is 19.2 Å². The minimum Gasteiger partial charge on any atom is -0.504 e. The Balaban J connectivity index is 1.93. The van der Waals surface area contributed by atoms with E-state index in [0.717, 1.165) is 22.2 Å². The van der Waals surface area contributed by atoms with E-state index >= 15 is 0 Å². The van der Waals surface area contributed by atoms with Gasteiger partial charge in [0.25, 0.3) is 0 Å². The normalized spacial score (nSPS) is 11.3. The van der Waals surface area contributed by atoms with Crippen LogP contribution < -0.4 is 4.74 Å². The number of fused-ring (bicyclic) bond motifs is 1. The molecule has 1 heterocycles. The molecule has 0 atom stereocenters. The van der Waals surface area contributed by atoms with Crippen LogP contribution in [-0.2, 0) is 0 Å². The largest absolute Gasteiger partial charge is 0.504 e. The van der Waals surface area contributed by atoms with Crippen LogP contribution in [-0.4, -0.2) is 17.2 Å². The number of ether oxygens (including phenoxy) is 1. The molecule has 0 unspecified atom stereocenters. The van der Waals surface area contributed by atoms with E-state index in [2.05, 4.69) is 15.2 Å². The summed E-state index contributed by atoms with van der Waals surface area (Å²) in [6.07, 6.45) is 0. The van der Waals surface area contributed by atoms with Crippen LogP contribution in [0.1, 0.15) is 5.56 Å². The first kappa shape index (κ1) is 13.2. The minimum absolute atomic E-state index is 0.117.